The van der Waals surface area contributed by atoms with E-state index in [2.05, 4.69) is 4.98 Å². The van der Waals surface area contributed by atoms with Crippen molar-refractivity contribution in [1.29, 1.82) is 0 Å². The van der Waals surface area contributed by atoms with Gasteiger partial charge in [-0.05, 0) is 6.07 Å². The van der Waals surface area contributed by atoms with Crippen molar-refractivity contribution >= 4 is 28.6 Å². The maximum Gasteiger partial charge on any atom is 0.300 e. The minimum Gasteiger partial charge on any atom is -0.481 e. The van der Waals surface area contributed by atoms with Gasteiger partial charge in [0, 0.05) is 29.6 Å². The Kier molecular flexibility index (Phi) is 4.99. The van der Waals surface area contributed by atoms with Crippen LogP contribution in [0.5, 0.6) is 0 Å². The van der Waals surface area contributed by atoms with Gasteiger partial charge in [0.2, 0.25) is 5.91 Å². The van der Waals surface area contributed by atoms with Gasteiger partial charge in [-0.3, -0.25) is 14.4 Å². The molecule has 1 aromatic heterocycles. The smallest absolute Gasteiger partial charge is 0.300 e. The zero-order valence-corrected chi connectivity index (χ0v) is 10.8. The molecule has 2 rings (SSSR count). The van der Waals surface area contributed by atoms with E-state index in [-0.39, 0.29) is 0 Å². The Hall–Kier alpha value is -2.67. The van der Waals surface area contributed by atoms with Crippen molar-refractivity contribution in [1.82, 2.24) is 4.98 Å². The third kappa shape index (κ3) is 3.66. The lowest BCUT2D eigenvalue weighted by atomic mass is 10.0. The summed E-state index contributed by atoms with van der Waals surface area (Å²) in [6.07, 6.45) is 1.54. The third-order valence-electron chi connectivity index (χ3n) is 2.44. The number of nitrogens with two attached hydrogens (primary N) is 2. The number of amides is 1. The third-order valence-corrected chi connectivity index (χ3v) is 2.44. The van der Waals surface area contributed by atoms with Crippen molar-refractivity contribution < 1.29 is 19.5 Å². The maximum absolute atomic E-state index is 11.8. The van der Waals surface area contributed by atoms with E-state index in [1.54, 1.807) is 6.07 Å². The second kappa shape index (κ2) is 6.48. The molecule has 0 saturated carbocycles. The van der Waals surface area contributed by atoms with Gasteiger partial charge in [-0.25, -0.2) is 0 Å². The van der Waals surface area contributed by atoms with Crippen LogP contribution < -0.4 is 11.5 Å². The minimum atomic E-state index is -1.29. The number of carbonyl (C=O) groups excluding carboxylic acids is 2. The van der Waals surface area contributed by atoms with Gasteiger partial charge in [0.15, 0.2) is 5.78 Å². The molecule has 0 aliphatic heterocycles. The number of aromatic nitrogens is 1. The summed E-state index contributed by atoms with van der Waals surface area (Å²) in [5.74, 6) is -2.12. The molecule has 0 fully saturated rings. The standard InChI is InChI=1S/C11H11N3O2.C2H4O2/c12-9(11(13)16)10(15)7-5-14-8-4-2-1-3-6(7)8;1-2(3)4/h1-5,9,14H,12H2,(H2,13,16);1H3,(H,3,4). The molecule has 0 aliphatic rings. The highest BCUT2D eigenvalue weighted by Gasteiger charge is 2.23. The van der Waals surface area contributed by atoms with Crippen molar-refractivity contribution in [2.45, 2.75) is 13.0 Å². The number of ketones is 1. The van der Waals surface area contributed by atoms with Crippen LogP contribution in [0.2, 0.25) is 0 Å². The van der Waals surface area contributed by atoms with Gasteiger partial charge in [-0.2, -0.15) is 0 Å². The van der Waals surface area contributed by atoms with Crippen LogP contribution in [0.4, 0.5) is 0 Å². The zero-order chi connectivity index (χ0) is 15.3. The number of fused-ring (bicyclic) bond motifs is 1. The number of H-pyrrole nitrogens is 1. The first-order valence-corrected chi connectivity index (χ1v) is 5.69. The Morgan fingerprint density at radius 1 is 1.25 bits per heavy atom. The number of aromatic amines is 1. The number of hydrogen-bond donors (Lipinski definition) is 4. The normalized spacial score (nSPS) is 11.3. The molecule has 1 amide bonds. The lowest BCUT2D eigenvalue weighted by Gasteiger charge is -2.04. The number of aliphatic carboxylic acids is 1. The van der Waals surface area contributed by atoms with Crippen LogP contribution in [0.1, 0.15) is 17.3 Å². The number of nitrogens with one attached hydrogen (secondary N) is 1. The van der Waals surface area contributed by atoms with Crippen LogP contribution in [-0.4, -0.2) is 33.8 Å². The summed E-state index contributed by atoms with van der Waals surface area (Å²) in [4.78, 5) is 34.6. The monoisotopic (exact) mass is 277 g/mol. The number of carboxylic acids is 1. The number of benzene rings is 1. The predicted molar refractivity (Wildman–Crippen MR) is 73.1 cm³/mol. The summed E-state index contributed by atoms with van der Waals surface area (Å²) in [6, 6.07) is 5.98. The van der Waals surface area contributed by atoms with Crippen molar-refractivity contribution in [3.63, 3.8) is 0 Å². The van der Waals surface area contributed by atoms with E-state index < -0.39 is 23.7 Å². The Bertz CT molecular complexity index is 644. The van der Waals surface area contributed by atoms with Crippen molar-refractivity contribution in [3.8, 4) is 0 Å². The largest absolute Gasteiger partial charge is 0.481 e. The first-order chi connectivity index (χ1) is 9.34. The first kappa shape index (κ1) is 15.4. The second-order valence-electron chi connectivity index (χ2n) is 4.01. The Morgan fingerprint density at radius 3 is 2.35 bits per heavy atom. The molecule has 106 valence electrons. The summed E-state index contributed by atoms with van der Waals surface area (Å²) < 4.78 is 0. The van der Waals surface area contributed by atoms with Gasteiger partial charge in [-0.15, -0.1) is 0 Å². The number of hydrogen-bond acceptors (Lipinski definition) is 4. The number of para-hydroxylation sites is 1. The zero-order valence-electron chi connectivity index (χ0n) is 10.8. The average molecular weight is 277 g/mol. The molecule has 20 heavy (non-hydrogen) atoms. The quantitative estimate of drug-likeness (QED) is 0.470. The fraction of sp³-hybridized carbons (Fsp3) is 0.154. The van der Waals surface area contributed by atoms with E-state index >= 15 is 0 Å². The number of carbonyl (C=O) groups is 3. The van der Waals surface area contributed by atoms with E-state index in [1.807, 2.05) is 18.2 Å². The lowest BCUT2D eigenvalue weighted by Crippen LogP contribution is -2.43. The summed E-state index contributed by atoms with van der Waals surface area (Å²) in [5.41, 5.74) is 11.6. The van der Waals surface area contributed by atoms with Crippen molar-refractivity contribution in [2.24, 2.45) is 11.5 Å². The van der Waals surface area contributed by atoms with Crippen LogP contribution in [-0.2, 0) is 9.59 Å². The Labute approximate surface area is 114 Å². The summed E-state index contributed by atoms with van der Waals surface area (Å²) in [6.45, 7) is 1.08. The second-order valence-corrected chi connectivity index (χ2v) is 4.01. The van der Waals surface area contributed by atoms with Crippen molar-refractivity contribution in [3.05, 3.63) is 36.0 Å². The molecule has 7 nitrogen and oxygen atoms in total. The maximum atomic E-state index is 11.8. The minimum absolute atomic E-state index is 0.391. The fourth-order valence-electron chi connectivity index (χ4n) is 1.57. The molecule has 6 N–H and O–H groups in total. The van der Waals surface area contributed by atoms with Crippen LogP contribution in [0.25, 0.3) is 10.9 Å². The fourth-order valence-corrected chi connectivity index (χ4v) is 1.57. The van der Waals surface area contributed by atoms with E-state index in [1.165, 1.54) is 6.20 Å². The van der Waals surface area contributed by atoms with Gasteiger partial charge in [0.25, 0.3) is 5.97 Å². The highest BCUT2D eigenvalue weighted by atomic mass is 16.4. The summed E-state index contributed by atoms with van der Waals surface area (Å²) in [7, 11) is 0. The SMILES string of the molecule is CC(=O)O.NC(=O)C(N)C(=O)c1c[nH]c2ccccc12. The predicted octanol–water partition coefficient (Wildman–Crippen LogP) is 0.254. The van der Waals surface area contributed by atoms with E-state index in [4.69, 9.17) is 21.4 Å². The Balaban J connectivity index is 0.000000444. The van der Waals surface area contributed by atoms with Gasteiger partial charge in [-0.1, -0.05) is 18.2 Å². The van der Waals surface area contributed by atoms with Crippen LogP contribution in [0.15, 0.2) is 30.5 Å². The summed E-state index contributed by atoms with van der Waals surface area (Å²) in [5, 5.41) is 8.16. The molecule has 7 heteroatoms. The molecule has 0 aliphatic carbocycles. The molecule has 2 aromatic rings. The molecule has 0 saturated heterocycles. The molecule has 0 bridgehead atoms. The molecule has 1 aromatic carbocycles. The number of rotatable bonds is 3. The van der Waals surface area contributed by atoms with Gasteiger partial charge < -0.3 is 21.6 Å². The lowest BCUT2D eigenvalue weighted by molar-refractivity contribution is -0.134. The van der Waals surface area contributed by atoms with E-state index in [0.717, 1.165) is 17.8 Å². The number of Topliss-reactive ketones (excluding diaryl/α,β-unsaturated/α-hetero) is 1. The molecular weight excluding hydrogens is 262 g/mol. The van der Waals surface area contributed by atoms with Crippen LogP contribution >= 0.6 is 0 Å². The van der Waals surface area contributed by atoms with E-state index in [9.17, 15) is 9.59 Å². The van der Waals surface area contributed by atoms with Gasteiger partial charge in [0.05, 0.1) is 0 Å². The van der Waals surface area contributed by atoms with Crippen molar-refractivity contribution in [2.75, 3.05) is 0 Å². The first-order valence-electron chi connectivity index (χ1n) is 5.69. The molecule has 0 radical (unpaired) electrons. The van der Waals surface area contributed by atoms with Crippen LogP contribution in [0.3, 0.4) is 0 Å². The highest BCUT2D eigenvalue weighted by Crippen LogP contribution is 2.18. The van der Waals surface area contributed by atoms with Gasteiger partial charge in [0.1, 0.15) is 6.04 Å². The van der Waals surface area contributed by atoms with E-state index in [0.29, 0.717) is 5.56 Å². The van der Waals surface area contributed by atoms with Crippen LogP contribution in [0, 0.1) is 0 Å². The number of carboxylic acid groups (broad SMARTS) is 1. The topological polar surface area (TPSA) is 139 Å². The Morgan fingerprint density at radius 2 is 1.80 bits per heavy atom. The highest BCUT2D eigenvalue weighted by molar-refractivity contribution is 6.18. The molecule has 1 unspecified atom stereocenters. The molecule has 1 atom stereocenters. The molecule has 0 spiro atoms. The molecule has 1 heterocycles. The molecular formula is C13H15N3O4. The van der Waals surface area contributed by atoms with Gasteiger partial charge >= 0.3 is 0 Å². The number of primary amides is 1. The average Bonchev–Trinajstić information content (AvgIpc) is 2.80. The summed E-state index contributed by atoms with van der Waals surface area (Å²) >= 11 is 0.